The van der Waals surface area contributed by atoms with Crippen LogP contribution in [0.15, 0.2) is 36.4 Å². The first-order valence-corrected chi connectivity index (χ1v) is 8.79. The highest BCUT2D eigenvalue weighted by Gasteiger charge is 2.77. The summed E-state index contributed by atoms with van der Waals surface area (Å²) in [5.74, 6) is -33.8. The number of anilines is 2. The first kappa shape index (κ1) is 28.9. The van der Waals surface area contributed by atoms with Gasteiger partial charge in [0.1, 0.15) is 0 Å². The first-order chi connectivity index (χ1) is 16.0. The highest BCUT2D eigenvalue weighted by molar-refractivity contribution is 6.07. The van der Waals surface area contributed by atoms with Gasteiger partial charge in [0.2, 0.25) is 0 Å². The van der Waals surface area contributed by atoms with E-state index in [-0.39, 0.29) is 10.8 Å². The van der Waals surface area contributed by atoms with Crippen molar-refractivity contribution in [2.24, 2.45) is 0 Å². The van der Waals surface area contributed by atoms with Crippen LogP contribution in [0.5, 0.6) is 0 Å². The fraction of sp³-hybridized carbons (Fsp3) is 0.333. The van der Waals surface area contributed by atoms with Gasteiger partial charge >= 0.3 is 47.9 Å². The van der Waals surface area contributed by atoms with E-state index in [4.69, 9.17) is 0 Å². The van der Waals surface area contributed by atoms with Gasteiger partial charge in [0.05, 0.1) is 11.4 Å². The summed E-state index contributed by atoms with van der Waals surface area (Å²) in [6.45, 7) is 0. The molecular weight excluding hydrogens is 542 g/mol. The average Bonchev–Trinajstić information content (AvgIpc) is 2.71. The number of nitrogens with one attached hydrogen (secondary N) is 2. The van der Waals surface area contributed by atoms with Crippen molar-refractivity contribution < 1.29 is 71.1 Å². The van der Waals surface area contributed by atoms with Gasteiger partial charge in [0.25, 0.3) is 0 Å². The Bertz CT molecular complexity index is 1080. The molecule has 0 radical (unpaired) electrons. The molecule has 0 aliphatic heterocycles. The van der Waals surface area contributed by atoms with Crippen molar-refractivity contribution in [3.63, 3.8) is 0 Å². The van der Waals surface area contributed by atoms with Crippen molar-refractivity contribution in [2.75, 3.05) is 10.6 Å². The number of hydrogen-bond acceptors (Lipinski definition) is 2. The second-order valence-electron chi connectivity index (χ2n) is 6.95. The summed E-state index contributed by atoms with van der Waals surface area (Å²) < 4.78 is 181. The van der Waals surface area contributed by atoms with Crippen LogP contribution < -0.4 is 10.6 Å². The zero-order valence-corrected chi connectivity index (χ0v) is 16.6. The predicted octanol–water partition coefficient (Wildman–Crippen LogP) is 6.38. The van der Waals surface area contributed by atoms with E-state index in [2.05, 4.69) is 0 Å². The molecular formula is C18H8F14N2O2. The summed E-state index contributed by atoms with van der Waals surface area (Å²) in [6, 6.07) is 5.51. The smallest absolute Gasteiger partial charge is 0.319 e. The van der Waals surface area contributed by atoms with E-state index in [0.717, 1.165) is 22.8 Å². The molecule has 0 unspecified atom stereocenters. The molecule has 0 fully saturated rings. The van der Waals surface area contributed by atoms with Crippen LogP contribution in [0.25, 0.3) is 10.8 Å². The van der Waals surface area contributed by atoms with Crippen molar-refractivity contribution >= 4 is 34.0 Å². The van der Waals surface area contributed by atoms with Gasteiger partial charge in [-0.05, 0) is 22.9 Å². The fourth-order valence-electron chi connectivity index (χ4n) is 2.49. The maximum absolute atomic E-state index is 13.6. The third kappa shape index (κ3) is 4.71. The highest BCUT2D eigenvalue weighted by atomic mass is 19.4. The molecule has 0 aromatic heterocycles. The number of carbonyl (C=O) groups excluding carboxylic acids is 2. The molecule has 0 heterocycles. The second kappa shape index (κ2) is 8.65. The zero-order chi connectivity index (χ0) is 28.1. The van der Waals surface area contributed by atoms with E-state index in [1.807, 2.05) is 0 Å². The van der Waals surface area contributed by atoms with Gasteiger partial charge in [0.15, 0.2) is 0 Å². The minimum Gasteiger partial charge on any atom is -0.319 e. The van der Waals surface area contributed by atoms with Crippen LogP contribution in [0.4, 0.5) is 72.8 Å². The lowest BCUT2D eigenvalue weighted by Gasteiger charge is -2.28. The Hall–Kier alpha value is -3.34. The van der Waals surface area contributed by atoms with E-state index in [9.17, 15) is 71.1 Å². The van der Waals surface area contributed by atoms with E-state index in [1.54, 1.807) is 0 Å². The molecule has 18 heteroatoms. The summed E-state index contributed by atoms with van der Waals surface area (Å²) >= 11 is 0. The molecule has 0 aliphatic carbocycles. The molecule has 2 rings (SSSR count). The minimum atomic E-state index is -6.97. The number of rotatable bonds is 6. The Balaban J connectivity index is 2.56. The third-order valence-electron chi connectivity index (χ3n) is 4.45. The molecule has 4 nitrogen and oxygen atoms in total. The maximum atomic E-state index is 13.6. The van der Waals surface area contributed by atoms with E-state index in [1.165, 1.54) is 12.1 Å². The molecule has 0 bridgehead atoms. The van der Waals surface area contributed by atoms with Crippen molar-refractivity contribution in [2.45, 2.75) is 36.0 Å². The monoisotopic (exact) mass is 550 g/mol. The number of benzene rings is 2. The molecule has 2 amide bonds. The van der Waals surface area contributed by atoms with Crippen LogP contribution >= 0.6 is 0 Å². The van der Waals surface area contributed by atoms with Gasteiger partial charge < -0.3 is 10.6 Å². The van der Waals surface area contributed by atoms with Crippen LogP contribution in [0.3, 0.4) is 0 Å². The van der Waals surface area contributed by atoms with Crippen molar-refractivity contribution in [1.82, 2.24) is 0 Å². The molecule has 2 N–H and O–H groups in total. The zero-order valence-electron chi connectivity index (χ0n) is 16.6. The average molecular weight is 550 g/mol. The molecule has 2 aromatic rings. The van der Waals surface area contributed by atoms with E-state index in [0.29, 0.717) is 12.1 Å². The van der Waals surface area contributed by atoms with Crippen LogP contribution in [0, 0.1) is 0 Å². The number of halogens is 14. The number of alkyl halides is 14. The molecule has 0 aliphatic rings. The quantitative estimate of drug-likeness (QED) is 0.410. The Labute approximate surface area is 189 Å². The normalized spacial score (nSPS) is 14.1. The topological polar surface area (TPSA) is 58.2 Å². The molecule has 0 atom stereocenters. The first-order valence-electron chi connectivity index (χ1n) is 8.79. The number of carbonyl (C=O) groups is 2. The standard InChI is InChI=1S/C18H8F14N2O2/c19-13(20,15(23,24)17(27,28)29)11(35)33-9-5-7-3-1-2-4-8(7)6-10(9)34-12(36)14(21,22)16(25,26)18(30,31)32/h1-6H,(H,33,35)(H,34,36). The van der Waals surface area contributed by atoms with Gasteiger partial charge in [-0.15, -0.1) is 0 Å². The molecule has 200 valence electrons. The molecule has 2 aromatic carbocycles. The summed E-state index contributed by atoms with van der Waals surface area (Å²) in [5.41, 5.74) is -2.84. The van der Waals surface area contributed by atoms with Crippen LogP contribution in [0.2, 0.25) is 0 Å². The largest absolute Gasteiger partial charge is 0.460 e. The van der Waals surface area contributed by atoms with Crippen LogP contribution in [0.1, 0.15) is 0 Å². The van der Waals surface area contributed by atoms with Gasteiger partial charge in [0, 0.05) is 0 Å². The Morgan fingerprint density at radius 1 is 0.528 bits per heavy atom. The Morgan fingerprint density at radius 3 is 1.06 bits per heavy atom. The Morgan fingerprint density at radius 2 is 0.806 bits per heavy atom. The fourth-order valence-corrected chi connectivity index (χ4v) is 2.49. The lowest BCUT2D eigenvalue weighted by atomic mass is 10.1. The number of amides is 2. The molecule has 0 spiro atoms. The highest BCUT2D eigenvalue weighted by Crippen LogP contribution is 2.48. The summed E-state index contributed by atoms with van der Waals surface area (Å²) in [7, 11) is 0. The summed E-state index contributed by atoms with van der Waals surface area (Å²) in [6.07, 6.45) is -13.9. The lowest BCUT2D eigenvalue weighted by Crippen LogP contribution is -2.58. The van der Waals surface area contributed by atoms with Crippen molar-refractivity contribution in [1.29, 1.82) is 0 Å². The summed E-state index contributed by atoms with van der Waals surface area (Å²) in [5, 5.41) is 1.29. The van der Waals surface area contributed by atoms with E-state index >= 15 is 0 Å². The lowest BCUT2D eigenvalue weighted by molar-refractivity contribution is -0.343. The summed E-state index contributed by atoms with van der Waals surface area (Å²) in [4.78, 5) is 23.2. The van der Waals surface area contributed by atoms with Gasteiger partial charge in [-0.3, -0.25) is 9.59 Å². The number of hydrogen-bond donors (Lipinski definition) is 2. The predicted molar refractivity (Wildman–Crippen MR) is 93.1 cm³/mol. The minimum absolute atomic E-state index is 0.163. The van der Waals surface area contributed by atoms with Gasteiger partial charge in [-0.2, -0.15) is 61.5 Å². The van der Waals surface area contributed by atoms with Gasteiger partial charge in [-0.1, -0.05) is 24.3 Å². The van der Waals surface area contributed by atoms with Crippen LogP contribution in [-0.2, 0) is 9.59 Å². The number of fused-ring (bicyclic) bond motifs is 1. The maximum Gasteiger partial charge on any atom is 0.460 e. The molecule has 0 saturated carbocycles. The van der Waals surface area contributed by atoms with Gasteiger partial charge in [-0.25, -0.2) is 0 Å². The third-order valence-corrected chi connectivity index (χ3v) is 4.45. The van der Waals surface area contributed by atoms with Crippen molar-refractivity contribution in [3.8, 4) is 0 Å². The SMILES string of the molecule is O=C(Nc1cc2ccccc2cc1NC(=O)C(F)(F)C(F)(F)C(F)(F)F)C(F)(F)C(F)(F)C(F)(F)F. The second-order valence-corrected chi connectivity index (χ2v) is 6.95. The molecule has 0 saturated heterocycles. The molecule has 36 heavy (non-hydrogen) atoms. The van der Waals surface area contributed by atoms with E-state index < -0.39 is 59.2 Å². The van der Waals surface area contributed by atoms with Crippen molar-refractivity contribution in [3.05, 3.63) is 36.4 Å². The van der Waals surface area contributed by atoms with Crippen LogP contribution in [-0.4, -0.2) is 47.9 Å². The Kier molecular flexibility index (Phi) is 6.94.